The summed E-state index contributed by atoms with van der Waals surface area (Å²) in [6.45, 7) is 0.742. The standard InChI is InChI=1S/C13H19N3O3/c1-15(2)7-8-16(10-13(18)19)12(17)9-11-5-3-4-6-14-11/h3-6H,7-10H2,1-2H3,(H,18,19). The maximum Gasteiger partial charge on any atom is 0.323 e. The molecule has 0 fully saturated rings. The predicted molar refractivity (Wildman–Crippen MR) is 70.7 cm³/mol. The molecule has 104 valence electrons. The second-order valence-corrected chi connectivity index (χ2v) is 4.51. The SMILES string of the molecule is CN(C)CCN(CC(=O)O)C(=O)Cc1ccccn1. The quantitative estimate of drug-likeness (QED) is 0.757. The molecular weight excluding hydrogens is 246 g/mol. The highest BCUT2D eigenvalue weighted by atomic mass is 16.4. The van der Waals surface area contributed by atoms with Gasteiger partial charge in [0.1, 0.15) is 6.54 Å². The van der Waals surface area contributed by atoms with Gasteiger partial charge in [0.2, 0.25) is 5.91 Å². The number of carbonyl (C=O) groups excluding carboxylic acids is 1. The van der Waals surface area contributed by atoms with Crippen LogP contribution in [0.4, 0.5) is 0 Å². The van der Waals surface area contributed by atoms with E-state index < -0.39 is 5.97 Å². The van der Waals surface area contributed by atoms with Gasteiger partial charge in [0.05, 0.1) is 6.42 Å². The Kier molecular flexibility index (Phi) is 5.95. The first-order valence-corrected chi connectivity index (χ1v) is 6.03. The summed E-state index contributed by atoms with van der Waals surface area (Å²) in [4.78, 5) is 30.2. The first kappa shape index (κ1) is 15.1. The fraction of sp³-hybridized carbons (Fsp3) is 0.462. The van der Waals surface area contributed by atoms with E-state index in [-0.39, 0.29) is 18.9 Å². The fourth-order valence-corrected chi connectivity index (χ4v) is 1.55. The predicted octanol–water partition coefficient (Wildman–Crippen LogP) is 0.0989. The van der Waals surface area contributed by atoms with Crippen LogP contribution in [0.15, 0.2) is 24.4 Å². The molecule has 19 heavy (non-hydrogen) atoms. The molecule has 0 aliphatic carbocycles. The smallest absolute Gasteiger partial charge is 0.323 e. The van der Waals surface area contributed by atoms with Crippen LogP contribution in [-0.4, -0.2) is 65.5 Å². The van der Waals surface area contributed by atoms with Gasteiger partial charge in [-0.3, -0.25) is 14.6 Å². The van der Waals surface area contributed by atoms with Gasteiger partial charge in [-0.05, 0) is 26.2 Å². The lowest BCUT2D eigenvalue weighted by Gasteiger charge is -2.22. The third-order valence-corrected chi connectivity index (χ3v) is 2.55. The van der Waals surface area contributed by atoms with Gasteiger partial charge in [0.25, 0.3) is 0 Å². The van der Waals surface area contributed by atoms with E-state index in [1.165, 1.54) is 4.90 Å². The molecule has 0 unspecified atom stereocenters. The summed E-state index contributed by atoms with van der Waals surface area (Å²) in [5, 5.41) is 8.84. The number of aliphatic carboxylic acids is 1. The van der Waals surface area contributed by atoms with Crippen molar-refractivity contribution in [2.24, 2.45) is 0 Å². The summed E-state index contributed by atoms with van der Waals surface area (Å²) in [5.74, 6) is -1.23. The zero-order valence-corrected chi connectivity index (χ0v) is 11.2. The molecule has 1 heterocycles. The van der Waals surface area contributed by atoms with Gasteiger partial charge in [0, 0.05) is 25.0 Å². The molecule has 1 N–H and O–H groups in total. The monoisotopic (exact) mass is 265 g/mol. The number of carboxylic acid groups (broad SMARTS) is 1. The number of carbonyl (C=O) groups is 2. The highest BCUT2D eigenvalue weighted by molar-refractivity contribution is 5.82. The Hall–Kier alpha value is -1.95. The Bertz CT molecular complexity index is 420. The van der Waals surface area contributed by atoms with E-state index in [4.69, 9.17) is 5.11 Å². The zero-order valence-electron chi connectivity index (χ0n) is 11.2. The molecule has 0 radical (unpaired) electrons. The molecule has 1 aromatic heterocycles. The van der Waals surface area contributed by atoms with Crippen LogP contribution in [0.25, 0.3) is 0 Å². The molecule has 0 spiro atoms. The first-order valence-electron chi connectivity index (χ1n) is 6.03. The number of pyridine rings is 1. The summed E-state index contributed by atoms with van der Waals surface area (Å²) in [6, 6.07) is 5.33. The molecule has 1 aromatic rings. The van der Waals surface area contributed by atoms with Crippen LogP contribution >= 0.6 is 0 Å². The first-order chi connectivity index (χ1) is 8.99. The highest BCUT2D eigenvalue weighted by Gasteiger charge is 2.17. The molecule has 1 rings (SSSR count). The van der Waals surface area contributed by atoms with Crippen LogP contribution in [0.5, 0.6) is 0 Å². The number of rotatable bonds is 7. The van der Waals surface area contributed by atoms with E-state index in [9.17, 15) is 9.59 Å². The van der Waals surface area contributed by atoms with E-state index in [0.717, 1.165) is 0 Å². The van der Waals surface area contributed by atoms with Crippen molar-refractivity contribution in [2.45, 2.75) is 6.42 Å². The van der Waals surface area contributed by atoms with Crippen molar-refractivity contribution in [3.05, 3.63) is 30.1 Å². The Morgan fingerprint density at radius 3 is 2.53 bits per heavy atom. The Morgan fingerprint density at radius 1 is 1.26 bits per heavy atom. The summed E-state index contributed by atoms with van der Waals surface area (Å²) >= 11 is 0. The van der Waals surface area contributed by atoms with Crippen LogP contribution in [0.2, 0.25) is 0 Å². The van der Waals surface area contributed by atoms with Gasteiger partial charge in [0.15, 0.2) is 0 Å². The van der Waals surface area contributed by atoms with Crippen LogP contribution in [0.3, 0.4) is 0 Å². The normalized spacial score (nSPS) is 10.5. The number of nitrogens with zero attached hydrogens (tertiary/aromatic N) is 3. The second-order valence-electron chi connectivity index (χ2n) is 4.51. The van der Waals surface area contributed by atoms with Crippen LogP contribution in [0.1, 0.15) is 5.69 Å². The Balaban J connectivity index is 2.62. The van der Waals surface area contributed by atoms with Gasteiger partial charge < -0.3 is 14.9 Å². The molecule has 0 bridgehead atoms. The van der Waals surface area contributed by atoms with Crippen molar-refractivity contribution < 1.29 is 14.7 Å². The second kappa shape index (κ2) is 7.48. The number of likely N-dealkylation sites (N-methyl/N-ethyl adjacent to an activating group) is 1. The zero-order chi connectivity index (χ0) is 14.3. The minimum atomic E-state index is -1.01. The molecule has 0 aromatic carbocycles. The fourth-order valence-electron chi connectivity index (χ4n) is 1.55. The van der Waals surface area contributed by atoms with Crippen molar-refractivity contribution in [3.63, 3.8) is 0 Å². The summed E-state index contributed by atoms with van der Waals surface area (Å²) < 4.78 is 0. The third kappa shape index (κ3) is 5.96. The van der Waals surface area contributed by atoms with E-state index in [0.29, 0.717) is 18.8 Å². The Labute approximate surface area is 112 Å². The lowest BCUT2D eigenvalue weighted by molar-refractivity contribution is -0.144. The molecule has 0 saturated heterocycles. The average Bonchev–Trinajstić information content (AvgIpc) is 2.35. The molecule has 0 aliphatic rings. The van der Waals surface area contributed by atoms with Gasteiger partial charge in [-0.15, -0.1) is 0 Å². The number of amides is 1. The lowest BCUT2D eigenvalue weighted by atomic mass is 10.2. The number of aromatic nitrogens is 1. The van der Waals surface area contributed by atoms with E-state index in [2.05, 4.69) is 4.98 Å². The van der Waals surface area contributed by atoms with Crippen molar-refractivity contribution in [1.29, 1.82) is 0 Å². The number of hydrogen-bond donors (Lipinski definition) is 1. The van der Waals surface area contributed by atoms with E-state index in [1.54, 1.807) is 24.4 Å². The minimum Gasteiger partial charge on any atom is -0.480 e. The van der Waals surface area contributed by atoms with E-state index in [1.807, 2.05) is 19.0 Å². The van der Waals surface area contributed by atoms with Gasteiger partial charge in [-0.2, -0.15) is 0 Å². The maximum atomic E-state index is 12.1. The van der Waals surface area contributed by atoms with Gasteiger partial charge in [-0.25, -0.2) is 0 Å². The molecule has 6 heteroatoms. The maximum absolute atomic E-state index is 12.1. The van der Waals surface area contributed by atoms with Crippen molar-refractivity contribution in [2.75, 3.05) is 33.7 Å². The van der Waals surface area contributed by atoms with Crippen molar-refractivity contribution in [1.82, 2.24) is 14.8 Å². The largest absolute Gasteiger partial charge is 0.480 e. The molecule has 0 aliphatic heterocycles. The topological polar surface area (TPSA) is 73.7 Å². The molecular formula is C13H19N3O3. The van der Waals surface area contributed by atoms with Crippen LogP contribution in [-0.2, 0) is 16.0 Å². The summed E-state index contributed by atoms with van der Waals surface area (Å²) in [7, 11) is 3.75. The van der Waals surface area contributed by atoms with Crippen molar-refractivity contribution >= 4 is 11.9 Å². The highest BCUT2D eigenvalue weighted by Crippen LogP contribution is 2.00. The summed E-state index contributed by atoms with van der Waals surface area (Å²) in [5.41, 5.74) is 0.646. The number of hydrogen-bond acceptors (Lipinski definition) is 4. The number of carboxylic acids is 1. The lowest BCUT2D eigenvalue weighted by Crippen LogP contribution is -2.40. The van der Waals surface area contributed by atoms with E-state index >= 15 is 0 Å². The average molecular weight is 265 g/mol. The molecule has 0 atom stereocenters. The molecule has 0 saturated carbocycles. The minimum absolute atomic E-state index is 0.127. The third-order valence-electron chi connectivity index (χ3n) is 2.55. The van der Waals surface area contributed by atoms with Gasteiger partial charge in [-0.1, -0.05) is 6.07 Å². The Morgan fingerprint density at radius 2 is 2.00 bits per heavy atom. The van der Waals surface area contributed by atoms with Crippen LogP contribution < -0.4 is 0 Å². The van der Waals surface area contributed by atoms with Crippen molar-refractivity contribution in [3.8, 4) is 0 Å². The van der Waals surface area contributed by atoms with Crippen LogP contribution in [0, 0.1) is 0 Å². The molecule has 6 nitrogen and oxygen atoms in total. The molecule has 1 amide bonds. The summed E-state index contributed by atoms with van der Waals surface area (Å²) in [6.07, 6.45) is 1.74. The van der Waals surface area contributed by atoms with Gasteiger partial charge >= 0.3 is 5.97 Å².